The van der Waals surface area contributed by atoms with Gasteiger partial charge in [0.2, 0.25) is 0 Å². The van der Waals surface area contributed by atoms with Crippen LogP contribution in [0.2, 0.25) is 0 Å². The van der Waals surface area contributed by atoms with Gasteiger partial charge in [-0.25, -0.2) is 0 Å². The van der Waals surface area contributed by atoms with Gasteiger partial charge in [-0.15, -0.1) is 11.3 Å². The molecule has 13 heavy (non-hydrogen) atoms. The van der Waals surface area contributed by atoms with Crippen LogP contribution >= 0.6 is 11.3 Å². The summed E-state index contributed by atoms with van der Waals surface area (Å²) in [6.07, 6.45) is 1.09. The van der Waals surface area contributed by atoms with Gasteiger partial charge < -0.3 is 5.11 Å². The lowest BCUT2D eigenvalue weighted by Crippen LogP contribution is -2.11. The predicted molar refractivity (Wildman–Crippen MR) is 51.3 cm³/mol. The van der Waals surface area contributed by atoms with E-state index in [1.165, 1.54) is 0 Å². The zero-order valence-corrected chi connectivity index (χ0v) is 8.27. The topological polar surface area (TPSA) is 44.0 Å². The first-order valence-corrected chi connectivity index (χ1v) is 5.21. The number of nitriles is 1. The van der Waals surface area contributed by atoms with Crippen LogP contribution in [0.25, 0.3) is 0 Å². The van der Waals surface area contributed by atoms with E-state index in [4.69, 9.17) is 5.26 Å². The zero-order valence-electron chi connectivity index (χ0n) is 7.45. The minimum absolute atomic E-state index is 0.466. The Morgan fingerprint density at radius 2 is 2.38 bits per heavy atom. The van der Waals surface area contributed by atoms with Crippen LogP contribution in [0.3, 0.4) is 0 Å². The monoisotopic (exact) mass is 193 g/mol. The molecular formula is C10H11NOS. The van der Waals surface area contributed by atoms with Crippen LogP contribution in [-0.4, -0.2) is 5.11 Å². The molecule has 2 nitrogen and oxygen atoms in total. The highest BCUT2D eigenvalue weighted by molar-refractivity contribution is 7.10. The van der Waals surface area contributed by atoms with Crippen molar-refractivity contribution in [2.75, 3.05) is 0 Å². The van der Waals surface area contributed by atoms with E-state index in [1.807, 2.05) is 18.4 Å². The van der Waals surface area contributed by atoms with Gasteiger partial charge in [0, 0.05) is 4.88 Å². The second-order valence-electron chi connectivity index (χ2n) is 3.60. The second kappa shape index (κ2) is 2.83. The highest BCUT2D eigenvalue weighted by Crippen LogP contribution is 2.55. The summed E-state index contributed by atoms with van der Waals surface area (Å²) in [4.78, 5) is 1.12. The number of aliphatic hydroxyl groups excluding tert-OH is 1. The SMILES string of the molecule is Cc1sccc1C(O)C1(C#N)CC1. The molecule has 0 aromatic carbocycles. The van der Waals surface area contributed by atoms with Crippen LogP contribution in [0.1, 0.15) is 29.4 Å². The Bertz CT molecular complexity index is 359. The maximum absolute atomic E-state index is 9.96. The summed E-state index contributed by atoms with van der Waals surface area (Å²) in [7, 11) is 0. The number of nitrogens with zero attached hydrogens (tertiary/aromatic N) is 1. The molecule has 1 unspecified atom stereocenters. The van der Waals surface area contributed by atoms with Gasteiger partial charge in [-0.3, -0.25) is 0 Å². The molecule has 0 bridgehead atoms. The highest BCUT2D eigenvalue weighted by Gasteiger charge is 2.50. The van der Waals surface area contributed by atoms with Crippen molar-refractivity contribution in [1.82, 2.24) is 0 Å². The first-order valence-electron chi connectivity index (χ1n) is 4.33. The van der Waals surface area contributed by atoms with Crippen LogP contribution in [-0.2, 0) is 0 Å². The molecule has 2 rings (SSSR count). The first kappa shape index (κ1) is 8.74. The molecule has 0 spiro atoms. The zero-order chi connectivity index (χ0) is 9.47. The van der Waals surface area contributed by atoms with Crippen LogP contribution < -0.4 is 0 Å². The Balaban J connectivity index is 2.29. The third-order valence-corrected chi connectivity index (χ3v) is 3.59. The summed E-state index contributed by atoms with van der Waals surface area (Å²) in [5.74, 6) is 0. The lowest BCUT2D eigenvalue weighted by molar-refractivity contribution is 0.123. The number of thiophene rings is 1. The van der Waals surface area contributed by atoms with Gasteiger partial charge in [-0.2, -0.15) is 5.26 Å². The minimum Gasteiger partial charge on any atom is -0.387 e. The molecular weight excluding hydrogens is 182 g/mol. The van der Waals surface area contributed by atoms with Gasteiger partial charge in [-0.05, 0) is 36.8 Å². The van der Waals surface area contributed by atoms with E-state index in [1.54, 1.807) is 11.3 Å². The average Bonchev–Trinajstić information content (AvgIpc) is 2.83. The Morgan fingerprint density at radius 3 is 2.77 bits per heavy atom. The fourth-order valence-corrected chi connectivity index (χ4v) is 2.29. The van der Waals surface area contributed by atoms with Gasteiger partial charge in [-0.1, -0.05) is 0 Å². The van der Waals surface area contributed by atoms with Crippen molar-refractivity contribution < 1.29 is 5.11 Å². The van der Waals surface area contributed by atoms with E-state index in [0.717, 1.165) is 23.3 Å². The van der Waals surface area contributed by atoms with E-state index >= 15 is 0 Å². The molecule has 0 amide bonds. The molecule has 3 heteroatoms. The molecule has 1 N–H and O–H groups in total. The predicted octanol–water partition coefficient (Wildman–Crippen LogP) is 2.39. The minimum atomic E-state index is -0.580. The number of aryl methyl sites for hydroxylation is 1. The Morgan fingerprint density at radius 1 is 1.69 bits per heavy atom. The molecule has 1 saturated carbocycles. The largest absolute Gasteiger partial charge is 0.387 e. The fourth-order valence-electron chi connectivity index (χ4n) is 1.56. The first-order chi connectivity index (χ1) is 6.19. The molecule has 68 valence electrons. The summed E-state index contributed by atoms with van der Waals surface area (Å²) in [6, 6.07) is 4.14. The third kappa shape index (κ3) is 1.27. The van der Waals surface area contributed by atoms with Gasteiger partial charge >= 0.3 is 0 Å². The van der Waals surface area contributed by atoms with E-state index in [-0.39, 0.29) is 0 Å². The molecule has 1 aliphatic carbocycles. The highest BCUT2D eigenvalue weighted by atomic mass is 32.1. The summed E-state index contributed by atoms with van der Waals surface area (Å²) < 4.78 is 0. The summed E-state index contributed by atoms with van der Waals surface area (Å²) in [6.45, 7) is 1.98. The maximum Gasteiger partial charge on any atom is 0.0986 e. The van der Waals surface area contributed by atoms with Crippen molar-refractivity contribution in [3.8, 4) is 6.07 Å². The Hall–Kier alpha value is -0.850. The molecule has 0 radical (unpaired) electrons. The summed E-state index contributed by atoms with van der Waals surface area (Å²) >= 11 is 1.62. The van der Waals surface area contributed by atoms with E-state index in [0.29, 0.717) is 0 Å². The van der Waals surface area contributed by atoms with E-state index in [2.05, 4.69) is 6.07 Å². The summed E-state index contributed by atoms with van der Waals surface area (Å²) in [5, 5.41) is 20.8. The van der Waals surface area contributed by atoms with Crippen molar-refractivity contribution >= 4 is 11.3 Å². The van der Waals surface area contributed by atoms with E-state index in [9.17, 15) is 5.11 Å². The molecule has 1 heterocycles. The number of rotatable bonds is 2. The number of aliphatic hydroxyl groups is 1. The lowest BCUT2D eigenvalue weighted by Gasteiger charge is -2.14. The van der Waals surface area contributed by atoms with Crippen molar-refractivity contribution in [2.24, 2.45) is 5.41 Å². The lowest BCUT2D eigenvalue weighted by atomic mass is 9.95. The molecule has 1 fully saturated rings. The summed E-state index contributed by atoms with van der Waals surface area (Å²) in [5.41, 5.74) is 0.468. The Labute approximate surface area is 81.4 Å². The molecule has 1 atom stereocenters. The fraction of sp³-hybridized carbons (Fsp3) is 0.500. The average molecular weight is 193 g/mol. The van der Waals surface area contributed by atoms with Crippen molar-refractivity contribution in [2.45, 2.75) is 25.9 Å². The van der Waals surface area contributed by atoms with Crippen LogP contribution in [0.15, 0.2) is 11.4 Å². The van der Waals surface area contributed by atoms with Crippen molar-refractivity contribution in [3.05, 3.63) is 21.9 Å². The second-order valence-corrected chi connectivity index (χ2v) is 4.72. The van der Waals surface area contributed by atoms with E-state index < -0.39 is 11.5 Å². The molecule has 1 aromatic heterocycles. The van der Waals surface area contributed by atoms with Gasteiger partial charge in [0.15, 0.2) is 0 Å². The molecule has 1 aromatic rings. The van der Waals surface area contributed by atoms with Crippen LogP contribution in [0, 0.1) is 23.7 Å². The van der Waals surface area contributed by atoms with Crippen molar-refractivity contribution in [3.63, 3.8) is 0 Å². The van der Waals surface area contributed by atoms with Crippen molar-refractivity contribution in [1.29, 1.82) is 5.26 Å². The van der Waals surface area contributed by atoms with Gasteiger partial charge in [0.05, 0.1) is 17.6 Å². The normalized spacial score (nSPS) is 20.7. The standard InChI is InChI=1S/C10H11NOS/c1-7-8(2-5-13-7)9(12)10(6-11)3-4-10/h2,5,9,12H,3-4H2,1H3. The van der Waals surface area contributed by atoms with Gasteiger partial charge in [0.1, 0.15) is 0 Å². The number of hydrogen-bond donors (Lipinski definition) is 1. The maximum atomic E-state index is 9.96. The smallest absolute Gasteiger partial charge is 0.0986 e. The molecule has 0 aliphatic heterocycles. The van der Waals surface area contributed by atoms with Crippen LogP contribution in [0.5, 0.6) is 0 Å². The van der Waals surface area contributed by atoms with Gasteiger partial charge in [0.25, 0.3) is 0 Å². The molecule has 0 saturated heterocycles. The van der Waals surface area contributed by atoms with Crippen LogP contribution in [0.4, 0.5) is 0 Å². The Kier molecular flexibility index (Phi) is 1.90. The quantitative estimate of drug-likeness (QED) is 0.783. The third-order valence-electron chi connectivity index (χ3n) is 2.73. The molecule has 1 aliphatic rings. The number of hydrogen-bond acceptors (Lipinski definition) is 3.